The van der Waals surface area contributed by atoms with E-state index in [4.69, 9.17) is 11.3 Å². The lowest BCUT2D eigenvalue weighted by Crippen LogP contribution is -2.51. The maximum absolute atomic E-state index is 9.26. The molecule has 4 aliphatic carbocycles. The highest BCUT2D eigenvalue weighted by Gasteiger charge is 2.66. The summed E-state index contributed by atoms with van der Waals surface area (Å²) in [4.78, 5) is 0. The van der Waals surface area contributed by atoms with E-state index in [-0.39, 0.29) is 5.60 Å². The third kappa shape index (κ3) is 2.96. The van der Waals surface area contributed by atoms with Crippen molar-refractivity contribution in [2.24, 2.45) is 34.5 Å². The van der Waals surface area contributed by atoms with E-state index in [1.165, 1.54) is 77.0 Å². The summed E-state index contributed by atoms with van der Waals surface area (Å²) in [6, 6.07) is 0. The zero-order valence-corrected chi connectivity index (χ0v) is 18.3. The van der Waals surface area contributed by atoms with Gasteiger partial charge in [0, 0.05) is 12.0 Å². The molecule has 5 aliphatic rings. The van der Waals surface area contributed by atoms with Gasteiger partial charge in [0.15, 0.2) is 0 Å². The first kappa shape index (κ1) is 19.6. The van der Waals surface area contributed by atoms with Gasteiger partial charge in [-0.2, -0.15) is 0 Å². The molecule has 0 aromatic heterocycles. The Balaban J connectivity index is 1.35. The van der Waals surface area contributed by atoms with E-state index < -0.39 is 0 Å². The first-order chi connectivity index (χ1) is 13.4. The van der Waals surface area contributed by atoms with Crippen LogP contribution in [0.4, 0.5) is 0 Å². The van der Waals surface area contributed by atoms with Crippen LogP contribution in [-0.4, -0.2) is 23.4 Å². The van der Waals surface area contributed by atoms with Crippen LogP contribution in [0.15, 0.2) is 12.2 Å². The third-order valence-corrected chi connectivity index (χ3v) is 10.3. The van der Waals surface area contributed by atoms with Crippen molar-refractivity contribution >= 4 is 0 Å². The molecule has 0 amide bonds. The van der Waals surface area contributed by atoms with Gasteiger partial charge >= 0.3 is 0 Å². The molecule has 0 aromatic carbocycles. The van der Waals surface area contributed by atoms with E-state index in [1.807, 2.05) is 0 Å². The lowest BCUT2D eigenvalue weighted by atomic mass is 9.46. The standard InChI is InChI=1S/C26H42O2/c1-18-15-26(13-10-19(16-26)7-6-14-27)23-25(3,28-23)12-11-22-21(18)17-24(22,2)20-8-4-5-9-20/h19-23,27H,1,4-17H2,2-3H3. The number of fused-ring (bicyclic) bond motifs is 3. The smallest absolute Gasteiger partial charge is 0.0930 e. The second-order valence-electron chi connectivity index (χ2n) is 11.9. The Morgan fingerprint density at radius 1 is 1.07 bits per heavy atom. The Labute approximate surface area is 172 Å². The van der Waals surface area contributed by atoms with Gasteiger partial charge in [-0.1, -0.05) is 31.9 Å². The number of epoxide rings is 1. The molecule has 0 radical (unpaired) electrons. The normalized spacial score (nSPS) is 51.2. The topological polar surface area (TPSA) is 32.8 Å². The molecule has 5 rings (SSSR count). The Hall–Kier alpha value is -0.340. The number of allylic oxidation sites excluding steroid dienone is 1. The van der Waals surface area contributed by atoms with Gasteiger partial charge in [0.05, 0.1) is 11.7 Å². The predicted molar refractivity (Wildman–Crippen MR) is 114 cm³/mol. The fourth-order valence-corrected chi connectivity index (χ4v) is 8.69. The molecule has 1 saturated heterocycles. The molecule has 1 N–H and O–H groups in total. The molecule has 1 spiro atoms. The van der Waals surface area contributed by atoms with Gasteiger partial charge in [-0.25, -0.2) is 0 Å². The van der Waals surface area contributed by atoms with Crippen LogP contribution in [0, 0.1) is 34.5 Å². The van der Waals surface area contributed by atoms with Gasteiger partial charge in [-0.05, 0) is 107 Å². The predicted octanol–water partition coefficient (Wildman–Crippen LogP) is 6.28. The summed E-state index contributed by atoms with van der Waals surface area (Å²) in [6.07, 6.45) is 17.7. The molecular formula is C26H42O2. The minimum atomic E-state index is 0.132. The fraction of sp³-hybridized carbons (Fsp3) is 0.923. The van der Waals surface area contributed by atoms with Crippen molar-refractivity contribution in [3.8, 4) is 0 Å². The van der Waals surface area contributed by atoms with E-state index >= 15 is 0 Å². The van der Waals surface area contributed by atoms with Crippen molar-refractivity contribution in [2.75, 3.05) is 6.61 Å². The second kappa shape index (κ2) is 6.84. The van der Waals surface area contributed by atoms with Crippen LogP contribution in [0.1, 0.15) is 97.3 Å². The average molecular weight is 387 g/mol. The summed E-state index contributed by atoms with van der Waals surface area (Å²) in [6.45, 7) is 10.1. The van der Waals surface area contributed by atoms with Crippen LogP contribution >= 0.6 is 0 Å². The summed E-state index contributed by atoms with van der Waals surface area (Å²) < 4.78 is 6.53. The summed E-state index contributed by atoms with van der Waals surface area (Å²) in [5.74, 6) is 3.39. The maximum Gasteiger partial charge on any atom is 0.0930 e. The zero-order valence-electron chi connectivity index (χ0n) is 18.3. The summed E-state index contributed by atoms with van der Waals surface area (Å²) >= 11 is 0. The van der Waals surface area contributed by atoms with Crippen LogP contribution in [0.5, 0.6) is 0 Å². The van der Waals surface area contributed by atoms with Crippen molar-refractivity contribution in [1.29, 1.82) is 0 Å². The Morgan fingerprint density at radius 3 is 2.61 bits per heavy atom. The van der Waals surface area contributed by atoms with Gasteiger partial charge in [0.1, 0.15) is 0 Å². The van der Waals surface area contributed by atoms with Crippen LogP contribution in [0.25, 0.3) is 0 Å². The number of rotatable bonds is 4. The summed E-state index contributed by atoms with van der Waals surface area (Å²) in [5, 5.41) is 9.26. The van der Waals surface area contributed by atoms with Crippen LogP contribution in [-0.2, 0) is 4.74 Å². The largest absolute Gasteiger partial charge is 0.396 e. The summed E-state index contributed by atoms with van der Waals surface area (Å²) in [5.41, 5.74) is 2.62. The van der Waals surface area contributed by atoms with E-state index in [9.17, 15) is 5.11 Å². The highest BCUT2D eigenvalue weighted by molar-refractivity contribution is 5.23. The lowest BCUT2D eigenvalue weighted by Gasteiger charge is -2.58. The molecule has 4 saturated carbocycles. The molecule has 28 heavy (non-hydrogen) atoms. The minimum Gasteiger partial charge on any atom is -0.396 e. The number of ether oxygens (including phenoxy) is 1. The number of hydrogen-bond acceptors (Lipinski definition) is 2. The molecule has 1 aliphatic heterocycles. The quantitative estimate of drug-likeness (QED) is 0.456. The minimum absolute atomic E-state index is 0.132. The average Bonchev–Trinajstić information content (AvgIpc) is 3.06. The maximum atomic E-state index is 9.26. The van der Waals surface area contributed by atoms with Crippen molar-refractivity contribution in [2.45, 2.75) is 109 Å². The first-order valence-corrected chi connectivity index (χ1v) is 12.4. The van der Waals surface area contributed by atoms with Gasteiger partial charge in [0.25, 0.3) is 0 Å². The summed E-state index contributed by atoms with van der Waals surface area (Å²) in [7, 11) is 0. The molecule has 0 aromatic rings. The highest BCUT2D eigenvalue weighted by Crippen LogP contribution is 2.68. The molecular weight excluding hydrogens is 344 g/mol. The fourth-order valence-electron chi connectivity index (χ4n) is 8.69. The van der Waals surface area contributed by atoms with E-state index in [2.05, 4.69) is 13.8 Å². The van der Waals surface area contributed by atoms with Crippen molar-refractivity contribution < 1.29 is 9.84 Å². The van der Waals surface area contributed by atoms with Crippen LogP contribution in [0.2, 0.25) is 0 Å². The molecule has 1 heterocycles. The monoisotopic (exact) mass is 386 g/mol. The molecule has 7 unspecified atom stereocenters. The molecule has 0 bridgehead atoms. The van der Waals surface area contributed by atoms with E-state index in [0.29, 0.717) is 23.5 Å². The molecule has 2 nitrogen and oxygen atoms in total. The molecule has 5 fully saturated rings. The Bertz CT molecular complexity index is 622. The SMILES string of the molecule is C=C1CC2(CCC(CCCO)C2)C2OC2(C)CCC2C1CC2(C)C1CCCC1. The molecule has 7 atom stereocenters. The molecule has 2 heteroatoms. The van der Waals surface area contributed by atoms with Crippen LogP contribution < -0.4 is 0 Å². The zero-order chi connectivity index (χ0) is 19.6. The Kier molecular flexibility index (Phi) is 4.79. The van der Waals surface area contributed by atoms with E-state index in [0.717, 1.165) is 30.1 Å². The number of aliphatic hydroxyl groups is 1. The van der Waals surface area contributed by atoms with Gasteiger partial charge in [-0.15, -0.1) is 0 Å². The third-order valence-electron chi connectivity index (χ3n) is 10.3. The lowest BCUT2D eigenvalue weighted by molar-refractivity contribution is -0.0682. The Morgan fingerprint density at radius 2 is 1.86 bits per heavy atom. The number of hydrogen-bond donors (Lipinski definition) is 1. The van der Waals surface area contributed by atoms with Crippen LogP contribution in [0.3, 0.4) is 0 Å². The van der Waals surface area contributed by atoms with Gasteiger partial charge in [-0.3, -0.25) is 0 Å². The first-order valence-electron chi connectivity index (χ1n) is 12.4. The van der Waals surface area contributed by atoms with Crippen molar-refractivity contribution in [3.63, 3.8) is 0 Å². The molecule has 158 valence electrons. The van der Waals surface area contributed by atoms with E-state index in [1.54, 1.807) is 5.57 Å². The second-order valence-corrected chi connectivity index (χ2v) is 11.9. The van der Waals surface area contributed by atoms with Gasteiger partial charge < -0.3 is 9.84 Å². The van der Waals surface area contributed by atoms with Gasteiger partial charge in [0.2, 0.25) is 0 Å². The highest BCUT2D eigenvalue weighted by atomic mass is 16.6. The van der Waals surface area contributed by atoms with Crippen molar-refractivity contribution in [1.82, 2.24) is 0 Å². The number of aliphatic hydroxyl groups excluding tert-OH is 1. The van der Waals surface area contributed by atoms with Crippen molar-refractivity contribution in [3.05, 3.63) is 12.2 Å².